The predicted molar refractivity (Wildman–Crippen MR) is 169 cm³/mol. The summed E-state index contributed by atoms with van der Waals surface area (Å²) in [7, 11) is 2.03. The first-order valence-electron chi connectivity index (χ1n) is 15.5. The van der Waals surface area contributed by atoms with Gasteiger partial charge in [0.05, 0.1) is 16.8 Å². The van der Waals surface area contributed by atoms with Crippen LogP contribution in [0.15, 0.2) is 47.0 Å². The summed E-state index contributed by atoms with van der Waals surface area (Å²) in [5.74, 6) is 1.92. The van der Waals surface area contributed by atoms with Crippen LogP contribution >= 0.6 is 0 Å². The molecule has 0 radical (unpaired) electrons. The van der Waals surface area contributed by atoms with Gasteiger partial charge in [0.1, 0.15) is 18.2 Å². The lowest BCUT2D eigenvalue weighted by molar-refractivity contribution is 0.0947. The molecular formula is C35H46N4O3. The summed E-state index contributed by atoms with van der Waals surface area (Å²) in [6, 6.07) is 14.5. The summed E-state index contributed by atoms with van der Waals surface area (Å²) < 4.78 is 14.8. The van der Waals surface area contributed by atoms with Gasteiger partial charge in [0.2, 0.25) is 0 Å². The fourth-order valence-corrected chi connectivity index (χ4v) is 5.57. The van der Waals surface area contributed by atoms with Crippen LogP contribution < -0.4 is 10.1 Å². The minimum atomic E-state index is -0.280. The Kier molecular flexibility index (Phi) is 10.6. The molecule has 2 aromatic heterocycles. The van der Waals surface area contributed by atoms with Crippen LogP contribution in [0.4, 0.5) is 0 Å². The highest BCUT2D eigenvalue weighted by molar-refractivity contribution is 6.01. The summed E-state index contributed by atoms with van der Waals surface area (Å²) >= 11 is 0. The third-order valence-electron chi connectivity index (χ3n) is 7.60. The van der Waals surface area contributed by atoms with Crippen molar-refractivity contribution in [3.63, 3.8) is 0 Å². The fraction of sp³-hybridized carbons (Fsp3) is 0.457. The number of benzene rings is 2. The van der Waals surface area contributed by atoms with Gasteiger partial charge in [-0.1, -0.05) is 89.4 Å². The number of nitrogens with zero attached hydrogens (tertiary/aromatic N) is 3. The molecule has 0 aliphatic rings. The minimum absolute atomic E-state index is 0.240. The van der Waals surface area contributed by atoms with E-state index in [1.807, 2.05) is 32.2 Å². The number of aromatic nitrogens is 3. The first kappa shape index (κ1) is 31.1. The van der Waals surface area contributed by atoms with Crippen LogP contribution in [0.3, 0.4) is 0 Å². The lowest BCUT2D eigenvalue weighted by Crippen LogP contribution is -2.23. The summed E-state index contributed by atoms with van der Waals surface area (Å²) in [5.41, 5.74) is 7.44. The number of imidazole rings is 1. The molecule has 224 valence electrons. The van der Waals surface area contributed by atoms with Gasteiger partial charge < -0.3 is 19.1 Å². The molecule has 4 rings (SSSR count). The molecule has 0 saturated heterocycles. The average molecular weight is 571 g/mol. The number of hydrogen-bond acceptors (Lipinski definition) is 5. The van der Waals surface area contributed by atoms with Crippen LogP contribution in [0, 0.1) is 0 Å². The van der Waals surface area contributed by atoms with Crippen LogP contribution in [0.1, 0.15) is 105 Å². The maximum Gasteiger partial charge on any atom is 0.274 e. The third kappa shape index (κ3) is 6.61. The van der Waals surface area contributed by atoms with Gasteiger partial charge in [-0.3, -0.25) is 4.79 Å². The van der Waals surface area contributed by atoms with E-state index in [4.69, 9.17) is 14.2 Å². The number of hydrogen-bond donors (Lipinski definition) is 1. The highest BCUT2D eigenvalue weighted by Crippen LogP contribution is 2.43. The van der Waals surface area contributed by atoms with E-state index >= 15 is 0 Å². The van der Waals surface area contributed by atoms with Gasteiger partial charge >= 0.3 is 0 Å². The summed E-state index contributed by atoms with van der Waals surface area (Å²) in [6.07, 6.45) is 5.74. The van der Waals surface area contributed by atoms with Crippen molar-refractivity contribution in [2.24, 2.45) is 7.05 Å². The van der Waals surface area contributed by atoms with E-state index in [1.54, 1.807) is 0 Å². The Labute approximate surface area is 250 Å². The van der Waals surface area contributed by atoms with Gasteiger partial charge in [-0.25, -0.2) is 4.98 Å². The van der Waals surface area contributed by atoms with Gasteiger partial charge in [-0.05, 0) is 60.9 Å². The van der Waals surface area contributed by atoms with Crippen molar-refractivity contribution < 1.29 is 14.1 Å². The second kappa shape index (κ2) is 14.3. The van der Waals surface area contributed by atoms with E-state index in [1.165, 1.54) is 16.8 Å². The van der Waals surface area contributed by atoms with E-state index in [2.05, 4.69) is 73.9 Å². The van der Waals surface area contributed by atoms with Gasteiger partial charge in [-0.15, -0.1) is 0 Å². The second-order valence-electron chi connectivity index (χ2n) is 11.2. The molecule has 7 nitrogen and oxygen atoms in total. The number of carbonyl (C=O) groups is 1. The van der Waals surface area contributed by atoms with Crippen molar-refractivity contribution in [2.75, 3.05) is 6.54 Å². The molecule has 0 fully saturated rings. The number of nitrogens with one attached hydrogen (secondary N) is 1. The molecule has 0 spiro atoms. The van der Waals surface area contributed by atoms with Crippen molar-refractivity contribution >= 4 is 5.91 Å². The molecule has 0 unspecified atom stereocenters. The molecule has 0 bridgehead atoms. The Bertz CT molecular complexity index is 1480. The van der Waals surface area contributed by atoms with Crippen LogP contribution in [-0.4, -0.2) is 27.2 Å². The molecule has 0 saturated carbocycles. The first-order valence-corrected chi connectivity index (χ1v) is 15.5. The highest BCUT2D eigenvalue weighted by Gasteiger charge is 2.31. The molecule has 1 N–H and O–H groups in total. The zero-order chi connectivity index (χ0) is 30.2. The van der Waals surface area contributed by atoms with Crippen LogP contribution in [0.25, 0.3) is 22.7 Å². The Balaban J connectivity index is 1.98. The number of ether oxygens (including phenoxy) is 1. The lowest BCUT2D eigenvalue weighted by atomic mass is 9.90. The first-order chi connectivity index (χ1) is 20.3. The maximum absolute atomic E-state index is 13.3. The number of aryl methyl sites for hydroxylation is 2. The molecule has 0 aliphatic carbocycles. The maximum atomic E-state index is 13.3. The minimum Gasteiger partial charge on any atom is -0.488 e. The van der Waals surface area contributed by atoms with Crippen LogP contribution in [0.5, 0.6) is 5.75 Å². The van der Waals surface area contributed by atoms with E-state index < -0.39 is 0 Å². The topological polar surface area (TPSA) is 82.2 Å². The Morgan fingerprint density at radius 1 is 1.00 bits per heavy atom. The fourth-order valence-electron chi connectivity index (χ4n) is 5.57. The van der Waals surface area contributed by atoms with Gasteiger partial charge in [0.15, 0.2) is 11.5 Å². The number of carbonyl (C=O) groups excluding carboxylic acids is 1. The lowest BCUT2D eigenvalue weighted by Gasteiger charge is -2.19. The zero-order valence-electron chi connectivity index (χ0n) is 26.3. The molecule has 2 heterocycles. The smallest absolute Gasteiger partial charge is 0.274 e. The molecule has 4 aromatic rings. The highest BCUT2D eigenvalue weighted by atomic mass is 16.5. The van der Waals surface area contributed by atoms with Crippen molar-refractivity contribution in [3.8, 4) is 28.5 Å². The molecule has 0 aliphatic heterocycles. The number of amides is 1. The van der Waals surface area contributed by atoms with Crippen LogP contribution in [-0.2, 0) is 32.9 Å². The Hall–Kier alpha value is -3.87. The molecule has 0 atom stereocenters. The van der Waals surface area contributed by atoms with E-state index in [0.717, 1.165) is 55.3 Å². The zero-order valence-corrected chi connectivity index (χ0v) is 26.3. The SMILES string of the molecule is CCCc1cc(OCc2ccccc2)c(-c2onc(C(=O)NCC)c2-c2nc(CCC)c(CCC)n2C)cc1C(C)C. The standard InChI is InChI=1S/C35H46N4O3/c1-8-15-25-20-30(41-22-24-18-13-12-14-19-24)27(21-26(25)23(5)6)33-31(32(38-42-33)35(40)36-11-4)34-37-28(16-9-2)29(17-10-3)39(34)7/h12-14,18-21,23H,8-11,15-17,22H2,1-7H3,(H,36,40). The van der Waals surface area contributed by atoms with Crippen molar-refractivity contribution in [1.29, 1.82) is 0 Å². The van der Waals surface area contributed by atoms with Crippen LogP contribution in [0.2, 0.25) is 0 Å². The monoisotopic (exact) mass is 570 g/mol. The Morgan fingerprint density at radius 3 is 2.36 bits per heavy atom. The third-order valence-corrected chi connectivity index (χ3v) is 7.60. The largest absolute Gasteiger partial charge is 0.488 e. The van der Waals surface area contributed by atoms with Crippen molar-refractivity contribution in [2.45, 2.75) is 92.6 Å². The van der Waals surface area contributed by atoms with Crippen molar-refractivity contribution in [3.05, 3.63) is 76.2 Å². The van der Waals surface area contributed by atoms with E-state index in [-0.39, 0.29) is 11.6 Å². The summed E-state index contributed by atoms with van der Waals surface area (Å²) in [6.45, 7) is 13.7. The van der Waals surface area contributed by atoms with E-state index in [0.29, 0.717) is 42.0 Å². The summed E-state index contributed by atoms with van der Waals surface area (Å²) in [5, 5.41) is 7.27. The van der Waals surface area contributed by atoms with Crippen molar-refractivity contribution in [1.82, 2.24) is 20.0 Å². The van der Waals surface area contributed by atoms with Gasteiger partial charge in [0, 0.05) is 19.3 Å². The van der Waals surface area contributed by atoms with Gasteiger partial charge in [0.25, 0.3) is 5.91 Å². The molecule has 42 heavy (non-hydrogen) atoms. The molecule has 2 aromatic carbocycles. The number of rotatable bonds is 14. The quantitative estimate of drug-likeness (QED) is 0.166. The second-order valence-corrected chi connectivity index (χ2v) is 11.2. The molecule has 7 heteroatoms. The van der Waals surface area contributed by atoms with E-state index in [9.17, 15) is 4.79 Å². The normalized spacial score (nSPS) is 11.3. The Morgan fingerprint density at radius 2 is 1.71 bits per heavy atom. The molecule has 1 amide bonds. The molecular weight excluding hydrogens is 524 g/mol. The summed E-state index contributed by atoms with van der Waals surface area (Å²) in [4.78, 5) is 18.5. The predicted octanol–water partition coefficient (Wildman–Crippen LogP) is 8.05. The average Bonchev–Trinajstić information content (AvgIpc) is 3.54. The van der Waals surface area contributed by atoms with Gasteiger partial charge in [-0.2, -0.15) is 0 Å².